The van der Waals surface area contributed by atoms with Gasteiger partial charge in [0.2, 0.25) is 0 Å². The van der Waals surface area contributed by atoms with Gasteiger partial charge in [-0.1, -0.05) is 6.92 Å². The molecule has 15 heavy (non-hydrogen) atoms. The molecule has 1 aliphatic heterocycles. The molecule has 3 atom stereocenters. The summed E-state index contributed by atoms with van der Waals surface area (Å²) in [5.41, 5.74) is 0.0504. The first-order valence-electron chi connectivity index (χ1n) is 6.10. The molecule has 2 N–H and O–H groups in total. The van der Waals surface area contributed by atoms with E-state index in [1.54, 1.807) is 0 Å². The summed E-state index contributed by atoms with van der Waals surface area (Å²) in [4.78, 5) is 0. The second-order valence-corrected chi connectivity index (χ2v) is 4.92. The molecule has 0 radical (unpaired) electrons. The summed E-state index contributed by atoms with van der Waals surface area (Å²) in [5.74, 6) is 0. The summed E-state index contributed by atoms with van der Waals surface area (Å²) in [5, 5.41) is 12.4. The van der Waals surface area contributed by atoms with Crippen LogP contribution >= 0.6 is 0 Å². The van der Waals surface area contributed by atoms with Gasteiger partial charge in [-0.25, -0.2) is 0 Å². The molecule has 1 rings (SSSR count). The lowest BCUT2D eigenvalue weighted by Gasteiger charge is -2.39. The zero-order valence-corrected chi connectivity index (χ0v) is 10.3. The van der Waals surface area contributed by atoms with Crippen molar-refractivity contribution in [3.05, 3.63) is 0 Å². The highest BCUT2D eigenvalue weighted by Gasteiger charge is 2.31. The number of rotatable bonds is 5. The van der Waals surface area contributed by atoms with Gasteiger partial charge in [-0.2, -0.15) is 0 Å². The molecule has 0 aromatic rings. The van der Waals surface area contributed by atoms with Crippen LogP contribution < -0.4 is 5.32 Å². The van der Waals surface area contributed by atoms with E-state index in [0.717, 1.165) is 32.3 Å². The van der Waals surface area contributed by atoms with Gasteiger partial charge < -0.3 is 15.2 Å². The molecule has 0 aromatic heterocycles. The lowest BCUT2D eigenvalue weighted by atomic mass is 9.89. The first-order valence-corrected chi connectivity index (χ1v) is 6.10. The number of ether oxygens (including phenoxy) is 1. The van der Waals surface area contributed by atoms with Gasteiger partial charge in [0.15, 0.2) is 0 Å². The Balaban J connectivity index is 2.36. The molecule has 3 heteroatoms. The van der Waals surface area contributed by atoms with E-state index < -0.39 is 0 Å². The van der Waals surface area contributed by atoms with Crippen LogP contribution in [0.25, 0.3) is 0 Å². The van der Waals surface area contributed by atoms with Crippen LogP contribution in [0.3, 0.4) is 0 Å². The van der Waals surface area contributed by atoms with Crippen molar-refractivity contribution in [2.75, 3.05) is 13.2 Å². The highest BCUT2D eigenvalue weighted by molar-refractivity contribution is 4.86. The van der Waals surface area contributed by atoms with Gasteiger partial charge in [-0.3, -0.25) is 0 Å². The Bertz CT molecular complexity index is 186. The molecule has 0 spiro atoms. The van der Waals surface area contributed by atoms with Crippen molar-refractivity contribution in [1.82, 2.24) is 5.32 Å². The summed E-state index contributed by atoms with van der Waals surface area (Å²) in [6.45, 7) is 7.63. The molecule has 0 amide bonds. The van der Waals surface area contributed by atoms with Crippen molar-refractivity contribution in [2.45, 2.75) is 64.1 Å². The van der Waals surface area contributed by atoms with Gasteiger partial charge in [-0.15, -0.1) is 0 Å². The summed E-state index contributed by atoms with van der Waals surface area (Å²) in [6, 6.07) is 0.949. The zero-order valence-electron chi connectivity index (χ0n) is 10.3. The number of hydrogen-bond donors (Lipinski definition) is 2. The Morgan fingerprint density at radius 1 is 1.60 bits per heavy atom. The van der Waals surface area contributed by atoms with Crippen LogP contribution in [0.5, 0.6) is 0 Å². The summed E-state index contributed by atoms with van der Waals surface area (Å²) in [7, 11) is 0. The second-order valence-electron chi connectivity index (χ2n) is 4.92. The second kappa shape index (κ2) is 5.83. The topological polar surface area (TPSA) is 41.5 Å². The molecule has 1 aliphatic rings. The van der Waals surface area contributed by atoms with E-state index in [0.29, 0.717) is 12.1 Å². The fourth-order valence-corrected chi connectivity index (χ4v) is 2.20. The van der Waals surface area contributed by atoms with Gasteiger partial charge >= 0.3 is 0 Å². The molecule has 1 heterocycles. The summed E-state index contributed by atoms with van der Waals surface area (Å²) in [6.07, 6.45) is 4.07. The molecule has 0 saturated carbocycles. The van der Waals surface area contributed by atoms with Crippen LogP contribution in [0.2, 0.25) is 0 Å². The Labute approximate surface area is 93.2 Å². The first-order chi connectivity index (χ1) is 7.09. The predicted octanol–water partition coefficient (Wildman–Crippen LogP) is 1.69. The fourth-order valence-electron chi connectivity index (χ4n) is 2.20. The molecule has 1 fully saturated rings. The molecular formula is C12H25NO2. The number of aliphatic hydroxyl groups is 1. The Morgan fingerprint density at radius 2 is 2.33 bits per heavy atom. The van der Waals surface area contributed by atoms with Crippen LogP contribution in [0.15, 0.2) is 0 Å². The lowest BCUT2D eigenvalue weighted by molar-refractivity contribution is -0.0790. The van der Waals surface area contributed by atoms with Gasteiger partial charge in [0.05, 0.1) is 5.60 Å². The minimum atomic E-state index is 0.0504. The number of hydrogen-bond acceptors (Lipinski definition) is 3. The highest BCUT2D eigenvalue weighted by atomic mass is 16.5. The maximum Gasteiger partial charge on any atom is 0.0666 e. The number of aliphatic hydroxyl groups excluding tert-OH is 1. The maximum absolute atomic E-state index is 8.85. The third-order valence-electron chi connectivity index (χ3n) is 3.43. The monoisotopic (exact) mass is 215 g/mol. The van der Waals surface area contributed by atoms with Crippen LogP contribution in [-0.2, 0) is 4.74 Å². The van der Waals surface area contributed by atoms with E-state index in [-0.39, 0.29) is 12.2 Å². The van der Waals surface area contributed by atoms with Gasteiger partial charge in [0, 0.05) is 25.3 Å². The quantitative estimate of drug-likeness (QED) is 0.733. The average molecular weight is 215 g/mol. The van der Waals surface area contributed by atoms with E-state index in [4.69, 9.17) is 9.84 Å². The van der Waals surface area contributed by atoms with Crippen molar-refractivity contribution in [1.29, 1.82) is 0 Å². The van der Waals surface area contributed by atoms with Crippen LogP contribution in [0, 0.1) is 0 Å². The first kappa shape index (κ1) is 12.9. The van der Waals surface area contributed by atoms with Crippen molar-refractivity contribution in [2.24, 2.45) is 0 Å². The summed E-state index contributed by atoms with van der Waals surface area (Å²) < 4.78 is 5.80. The molecule has 0 aliphatic carbocycles. The predicted molar refractivity (Wildman–Crippen MR) is 62.0 cm³/mol. The third-order valence-corrected chi connectivity index (χ3v) is 3.43. The van der Waals surface area contributed by atoms with E-state index in [1.807, 2.05) is 0 Å². The molecule has 0 bridgehead atoms. The molecule has 1 saturated heterocycles. The van der Waals surface area contributed by atoms with Crippen molar-refractivity contribution in [3.63, 3.8) is 0 Å². The van der Waals surface area contributed by atoms with Gasteiger partial charge in [0.25, 0.3) is 0 Å². The van der Waals surface area contributed by atoms with E-state index in [1.165, 1.54) is 0 Å². The highest BCUT2D eigenvalue weighted by Crippen LogP contribution is 2.27. The minimum absolute atomic E-state index is 0.0504. The SMILES string of the molecule is CCC1(C)CC(NC(C)CCO)CCO1. The molecular weight excluding hydrogens is 190 g/mol. The Kier molecular flexibility index (Phi) is 5.03. The van der Waals surface area contributed by atoms with Crippen molar-refractivity contribution in [3.8, 4) is 0 Å². The van der Waals surface area contributed by atoms with E-state index in [2.05, 4.69) is 26.1 Å². The lowest BCUT2D eigenvalue weighted by Crippen LogP contribution is -2.47. The van der Waals surface area contributed by atoms with E-state index >= 15 is 0 Å². The van der Waals surface area contributed by atoms with Gasteiger partial charge in [-0.05, 0) is 39.5 Å². The fraction of sp³-hybridized carbons (Fsp3) is 1.00. The number of nitrogens with one attached hydrogen (secondary N) is 1. The zero-order chi connectivity index (χ0) is 11.3. The van der Waals surface area contributed by atoms with Gasteiger partial charge in [0.1, 0.15) is 0 Å². The van der Waals surface area contributed by atoms with E-state index in [9.17, 15) is 0 Å². The minimum Gasteiger partial charge on any atom is -0.396 e. The average Bonchev–Trinajstić information content (AvgIpc) is 2.18. The van der Waals surface area contributed by atoms with Crippen LogP contribution in [-0.4, -0.2) is 36.0 Å². The Morgan fingerprint density at radius 3 is 2.93 bits per heavy atom. The normalized spacial score (nSPS) is 34.0. The third kappa shape index (κ3) is 4.09. The largest absolute Gasteiger partial charge is 0.396 e. The molecule has 3 nitrogen and oxygen atoms in total. The molecule has 0 aromatic carbocycles. The van der Waals surface area contributed by atoms with Crippen LogP contribution in [0.4, 0.5) is 0 Å². The summed E-state index contributed by atoms with van der Waals surface area (Å²) >= 11 is 0. The maximum atomic E-state index is 8.85. The van der Waals surface area contributed by atoms with Crippen LogP contribution in [0.1, 0.15) is 46.5 Å². The molecule has 3 unspecified atom stereocenters. The Hall–Kier alpha value is -0.120. The van der Waals surface area contributed by atoms with Crippen molar-refractivity contribution < 1.29 is 9.84 Å². The van der Waals surface area contributed by atoms with Crippen molar-refractivity contribution >= 4 is 0 Å². The standard InChI is InChI=1S/C12H25NO2/c1-4-12(3)9-11(6-8-15-12)13-10(2)5-7-14/h10-11,13-14H,4-9H2,1-3H3. The smallest absolute Gasteiger partial charge is 0.0666 e. The molecule has 90 valence electrons.